The van der Waals surface area contributed by atoms with E-state index in [1.165, 1.54) is 4.90 Å². The van der Waals surface area contributed by atoms with Crippen molar-refractivity contribution < 1.29 is 14.3 Å². The molecule has 2 rings (SSSR count). The first-order chi connectivity index (χ1) is 11.3. The maximum Gasteiger partial charge on any atom is 0.253 e. The van der Waals surface area contributed by atoms with Crippen LogP contribution < -0.4 is 15.0 Å². The van der Waals surface area contributed by atoms with Crippen molar-refractivity contribution in [1.29, 1.82) is 0 Å². The zero-order chi connectivity index (χ0) is 17.9. The standard InChI is InChI=1S/C18H25N3O3/c1-12(2)10-19-17(22)9-14-11-24-16-7-6-13(18(23)20(3)4)8-15(16)21(14)5/h6-8,14H,1,9-11H2,2-5H3,(H,19,22)/t14-/m1/s1. The topological polar surface area (TPSA) is 61.9 Å². The van der Waals surface area contributed by atoms with Crippen LogP contribution in [-0.4, -0.2) is 57.1 Å². The van der Waals surface area contributed by atoms with Gasteiger partial charge in [0, 0.05) is 33.3 Å². The maximum atomic E-state index is 12.1. The minimum atomic E-state index is -0.0765. The molecule has 0 fully saturated rings. The number of amides is 2. The van der Waals surface area contributed by atoms with Crippen LogP contribution in [0.2, 0.25) is 0 Å². The van der Waals surface area contributed by atoms with Gasteiger partial charge in [0.15, 0.2) is 0 Å². The van der Waals surface area contributed by atoms with Gasteiger partial charge in [-0.2, -0.15) is 0 Å². The van der Waals surface area contributed by atoms with Gasteiger partial charge in [0.1, 0.15) is 12.4 Å². The Morgan fingerprint density at radius 1 is 1.42 bits per heavy atom. The van der Waals surface area contributed by atoms with E-state index in [0.29, 0.717) is 25.1 Å². The van der Waals surface area contributed by atoms with Gasteiger partial charge in [-0.15, -0.1) is 0 Å². The quantitative estimate of drug-likeness (QED) is 0.834. The third kappa shape index (κ3) is 4.07. The molecule has 0 saturated heterocycles. The monoisotopic (exact) mass is 331 g/mol. The predicted octanol–water partition coefficient (Wildman–Crippen LogP) is 1.67. The number of fused-ring (bicyclic) bond motifs is 1. The fourth-order valence-corrected chi connectivity index (χ4v) is 2.53. The number of nitrogens with one attached hydrogen (secondary N) is 1. The number of hydrogen-bond acceptors (Lipinski definition) is 4. The molecule has 1 aromatic carbocycles. The zero-order valence-electron chi connectivity index (χ0n) is 14.8. The molecule has 0 radical (unpaired) electrons. The van der Waals surface area contributed by atoms with Crippen LogP contribution in [0.5, 0.6) is 5.75 Å². The molecule has 1 aliphatic heterocycles. The summed E-state index contributed by atoms with van der Waals surface area (Å²) in [6.45, 7) is 6.56. The Morgan fingerprint density at radius 2 is 2.12 bits per heavy atom. The van der Waals surface area contributed by atoms with Crippen LogP contribution in [-0.2, 0) is 4.79 Å². The summed E-state index contributed by atoms with van der Waals surface area (Å²) >= 11 is 0. The molecule has 1 aliphatic rings. The number of nitrogens with zero attached hydrogens (tertiary/aromatic N) is 2. The van der Waals surface area contributed by atoms with Gasteiger partial charge in [0.25, 0.3) is 5.91 Å². The van der Waals surface area contributed by atoms with Gasteiger partial charge in [0.2, 0.25) is 5.91 Å². The van der Waals surface area contributed by atoms with Crippen LogP contribution >= 0.6 is 0 Å². The Balaban J connectivity index is 2.12. The highest BCUT2D eigenvalue weighted by molar-refractivity contribution is 5.95. The Labute approximate surface area is 143 Å². The molecular weight excluding hydrogens is 306 g/mol. The highest BCUT2D eigenvalue weighted by Crippen LogP contribution is 2.34. The van der Waals surface area contributed by atoms with Gasteiger partial charge in [-0.1, -0.05) is 12.2 Å². The minimum absolute atomic E-state index is 0.0394. The van der Waals surface area contributed by atoms with Crippen LogP contribution in [0.15, 0.2) is 30.4 Å². The second kappa shape index (κ2) is 7.38. The second-order valence-corrected chi connectivity index (χ2v) is 6.40. The number of benzene rings is 1. The first kappa shape index (κ1) is 17.8. The fourth-order valence-electron chi connectivity index (χ4n) is 2.53. The van der Waals surface area contributed by atoms with Gasteiger partial charge >= 0.3 is 0 Å². The van der Waals surface area contributed by atoms with Gasteiger partial charge in [-0.25, -0.2) is 0 Å². The van der Waals surface area contributed by atoms with Gasteiger partial charge in [-0.3, -0.25) is 9.59 Å². The number of likely N-dealkylation sites (N-methyl/N-ethyl adjacent to an activating group) is 1. The Bertz CT molecular complexity index is 655. The van der Waals surface area contributed by atoms with Crippen LogP contribution in [0.1, 0.15) is 23.7 Å². The van der Waals surface area contributed by atoms with Crippen molar-refractivity contribution >= 4 is 17.5 Å². The van der Waals surface area contributed by atoms with Crippen LogP contribution in [0.4, 0.5) is 5.69 Å². The van der Waals surface area contributed by atoms with Crippen molar-refractivity contribution in [2.24, 2.45) is 0 Å². The highest BCUT2D eigenvalue weighted by atomic mass is 16.5. The van der Waals surface area contributed by atoms with Crippen molar-refractivity contribution in [2.75, 3.05) is 39.2 Å². The summed E-state index contributed by atoms with van der Waals surface area (Å²) < 4.78 is 5.76. The van der Waals surface area contributed by atoms with Gasteiger partial charge < -0.3 is 19.9 Å². The summed E-state index contributed by atoms with van der Waals surface area (Å²) in [5.74, 6) is 0.626. The molecule has 0 unspecified atom stereocenters. The van der Waals surface area contributed by atoms with E-state index in [2.05, 4.69) is 11.9 Å². The summed E-state index contributed by atoms with van der Waals surface area (Å²) in [4.78, 5) is 27.7. The van der Waals surface area contributed by atoms with Crippen molar-refractivity contribution in [3.8, 4) is 5.75 Å². The van der Waals surface area contributed by atoms with Gasteiger partial charge in [-0.05, 0) is 25.1 Å². The molecule has 0 aromatic heterocycles. The molecule has 6 nitrogen and oxygen atoms in total. The molecule has 2 amide bonds. The molecule has 0 saturated carbocycles. The molecule has 24 heavy (non-hydrogen) atoms. The Morgan fingerprint density at radius 3 is 2.75 bits per heavy atom. The zero-order valence-corrected chi connectivity index (χ0v) is 14.8. The summed E-state index contributed by atoms with van der Waals surface area (Å²) in [6.07, 6.45) is 0.328. The fraction of sp³-hybridized carbons (Fsp3) is 0.444. The predicted molar refractivity (Wildman–Crippen MR) is 94.6 cm³/mol. The molecule has 0 spiro atoms. The first-order valence-electron chi connectivity index (χ1n) is 7.92. The molecule has 130 valence electrons. The largest absolute Gasteiger partial charge is 0.489 e. The van der Waals surface area contributed by atoms with E-state index in [-0.39, 0.29) is 17.9 Å². The third-order valence-electron chi connectivity index (χ3n) is 3.98. The Hall–Kier alpha value is -2.50. The smallest absolute Gasteiger partial charge is 0.253 e. The van der Waals surface area contributed by atoms with Crippen molar-refractivity contribution in [2.45, 2.75) is 19.4 Å². The SMILES string of the molecule is C=C(C)CNC(=O)C[C@@H]1COc2ccc(C(=O)N(C)C)cc2N1C. The lowest BCUT2D eigenvalue weighted by Gasteiger charge is -2.35. The average molecular weight is 331 g/mol. The number of carbonyl (C=O) groups excluding carboxylic acids is 2. The second-order valence-electron chi connectivity index (χ2n) is 6.40. The number of anilines is 1. The summed E-state index contributed by atoms with van der Waals surface area (Å²) in [5, 5.41) is 2.84. The molecule has 1 N–H and O–H groups in total. The highest BCUT2D eigenvalue weighted by Gasteiger charge is 2.27. The van der Waals surface area contributed by atoms with Crippen molar-refractivity contribution in [1.82, 2.24) is 10.2 Å². The van der Waals surface area contributed by atoms with Crippen LogP contribution in [0.25, 0.3) is 0 Å². The number of hydrogen-bond donors (Lipinski definition) is 1. The molecule has 6 heteroatoms. The van der Waals surface area contributed by atoms with Crippen molar-refractivity contribution in [3.05, 3.63) is 35.9 Å². The van der Waals surface area contributed by atoms with Gasteiger partial charge in [0.05, 0.1) is 18.2 Å². The van der Waals surface area contributed by atoms with E-state index in [4.69, 9.17) is 4.74 Å². The van der Waals surface area contributed by atoms with Crippen molar-refractivity contribution in [3.63, 3.8) is 0 Å². The minimum Gasteiger partial charge on any atom is -0.489 e. The summed E-state index contributed by atoms with van der Waals surface area (Å²) in [6, 6.07) is 5.30. The first-order valence-corrected chi connectivity index (χ1v) is 7.92. The lowest BCUT2D eigenvalue weighted by atomic mass is 10.1. The maximum absolute atomic E-state index is 12.1. The molecule has 1 atom stereocenters. The lowest BCUT2D eigenvalue weighted by molar-refractivity contribution is -0.121. The Kier molecular flexibility index (Phi) is 5.49. The van der Waals surface area contributed by atoms with E-state index >= 15 is 0 Å². The third-order valence-corrected chi connectivity index (χ3v) is 3.98. The molecular formula is C18H25N3O3. The molecule has 0 aliphatic carbocycles. The van der Waals surface area contributed by atoms with E-state index in [1.807, 2.05) is 24.9 Å². The summed E-state index contributed by atoms with van der Waals surface area (Å²) in [5.41, 5.74) is 2.34. The number of ether oxygens (including phenoxy) is 1. The van der Waals surface area contributed by atoms with E-state index in [1.54, 1.807) is 26.2 Å². The van der Waals surface area contributed by atoms with E-state index < -0.39 is 0 Å². The van der Waals surface area contributed by atoms with Crippen LogP contribution in [0.3, 0.4) is 0 Å². The molecule has 1 aromatic rings. The number of carbonyl (C=O) groups is 2. The van der Waals surface area contributed by atoms with E-state index in [9.17, 15) is 9.59 Å². The summed E-state index contributed by atoms with van der Waals surface area (Å²) in [7, 11) is 5.36. The lowest BCUT2D eigenvalue weighted by Crippen LogP contribution is -2.44. The number of rotatable bonds is 5. The molecule has 1 heterocycles. The van der Waals surface area contributed by atoms with E-state index in [0.717, 1.165) is 17.0 Å². The normalized spacial score (nSPS) is 16.0. The van der Waals surface area contributed by atoms with Crippen LogP contribution in [0, 0.1) is 0 Å². The average Bonchev–Trinajstić information content (AvgIpc) is 2.54. The molecule has 0 bridgehead atoms.